The van der Waals surface area contributed by atoms with E-state index in [4.69, 9.17) is 0 Å². The summed E-state index contributed by atoms with van der Waals surface area (Å²) in [5, 5.41) is 3.27. The number of nitrogens with one attached hydrogen (secondary N) is 1. The summed E-state index contributed by atoms with van der Waals surface area (Å²) in [5.74, 6) is 0. The molecule has 94 valence electrons. The highest BCUT2D eigenvalue weighted by atomic mass is 14.8. The Hall–Kier alpha value is -1.67. The molecule has 1 N–H and O–H groups in total. The van der Waals surface area contributed by atoms with Gasteiger partial charge in [0.05, 0.1) is 0 Å². The van der Waals surface area contributed by atoms with E-state index in [0.29, 0.717) is 6.04 Å². The van der Waals surface area contributed by atoms with E-state index in [9.17, 15) is 0 Å². The quantitative estimate of drug-likeness (QED) is 0.867. The van der Waals surface area contributed by atoms with Crippen molar-refractivity contribution in [1.82, 2.24) is 10.3 Å². The fourth-order valence-electron chi connectivity index (χ4n) is 1.98. The molecule has 0 aliphatic carbocycles. The van der Waals surface area contributed by atoms with Crippen molar-refractivity contribution >= 4 is 0 Å². The smallest absolute Gasteiger partial charge is 0.0273 e. The van der Waals surface area contributed by atoms with Crippen LogP contribution in [0, 0.1) is 0 Å². The topological polar surface area (TPSA) is 24.9 Å². The number of pyridine rings is 1. The molecule has 0 aliphatic heterocycles. The van der Waals surface area contributed by atoms with Crippen molar-refractivity contribution in [1.29, 1.82) is 0 Å². The molecule has 1 atom stereocenters. The van der Waals surface area contributed by atoms with Crippen LogP contribution in [0.3, 0.4) is 0 Å². The van der Waals surface area contributed by atoms with Crippen LogP contribution in [0.15, 0.2) is 48.8 Å². The number of benzene rings is 1. The average molecular weight is 240 g/mol. The van der Waals surface area contributed by atoms with Gasteiger partial charge in [0.1, 0.15) is 0 Å². The van der Waals surface area contributed by atoms with E-state index in [1.165, 1.54) is 16.7 Å². The van der Waals surface area contributed by atoms with Gasteiger partial charge in [-0.25, -0.2) is 0 Å². The first-order valence-electron chi connectivity index (χ1n) is 6.46. The molecule has 0 bridgehead atoms. The van der Waals surface area contributed by atoms with Crippen LogP contribution < -0.4 is 5.32 Å². The molecular formula is C16H20N2. The van der Waals surface area contributed by atoms with Crippen LogP contribution in [0.25, 0.3) is 11.1 Å². The second-order valence-electron chi connectivity index (χ2n) is 4.66. The van der Waals surface area contributed by atoms with Crippen LogP contribution in [0.5, 0.6) is 0 Å². The fraction of sp³-hybridized carbons (Fsp3) is 0.312. The molecule has 0 saturated heterocycles. The predicted octanol–water partition coefficient (Wildman–Crippen LogP) is 3.29. The maximum absolute atomic E-state index is 4.06. The zero-order chi connectivity index (χ0) is 12.8. The first-order chi connectivity index (χ1) is 8.79. The average Bonchev–Trinajstić information content (AvgIpc) is 2.46. The van der Waals surface area contributed by atoms with Crippen LogP contribution in [0.2, 0.25) is 0 Å². The Morgan fingerprint density at radius 1 is 1.11 bits per heavy atom. The number of nitrogens with zero attached hydrogens (tertiary/aromatic N) is 1. The maximum Gasteiger partial charge on any atom is 0.0273 e. The number of aryl methyl sites for hydroxylation is 1. The summed E-state index contributed by atoms with van der Waals surface area (Å²) in [7, 11) is 2.01. The third-order valence-electron chi connectivity index (χ3n) is 3.30. The summed E-state index contributed by atoms with van der Waals surface area (Å²) in [6.45, 7) is 2.21. The second kappa shape index (κ2) is 6.31. The lowest BCUT2D eigenvalue weighted by molar-refractivity contribution is 0.565. The molecule has 1 unspecified atom stereocenters. The molecule has 0 aliphatic rings. The monoisotopic (exact) mass is 240 g/mol. The summed E-state index contributed by atoms with van der Waals surface area (Å²) >= 11 is 0. The van der Waals surface area contributed by atoms with Crippen LogP contribution >= 0.6 is 0 Å². The largest absolute Gasteiger partial charge is 0.317 e. The third kappa shape index (κ3) is 3.41. The Kier molecular flexibility index (Phi) is 4.48. The lowest BCUT2D eigenvalue weighted by Crippen LogP contribution is -2.21. The van der Waals surface area contributed by atoms with Gasteiger partial charge in [-0.1, -0.05) is 24.3 Å². The van der Waals surface area contributed by atoms with Gasteiger partial charge < -0.3 is 5.32 Å². The number of aromatic nitrogens is 1. The van der Waals surface area contributed by atoms with Crippen molar-refractivity contribution in [3.05, 3.63) is 54.4 Å². The molecule has 2 rings (SSSR count). The molecule has 2 heteroatoms. The lowest BCUT2D eigenvalue weighted by Gasteiger charge is -2.10. The van der Waals surface area contributed by atoms with Crippen molar-refractivity contribution in [2.75, 3.05) is 7.05 Å². The first-order valence-corrected chi connectivity index (χ1v) is 6.46. The lowest BCUT2D eigenvalue weighted by atomic mass is 10.0. The van der Waals surface area contributed by atoms with Crippen LogP contribution in [0.1, 0.15) is 18.9 Å². The van der Waals surface area contributed by atoms with Crippen LogP contribution in [0.4, 0.5) is 0 Å². The standard InChI is InChI=1S/C16H20N2/c1-13(17-2)6-7-14-4-3-5-16(12-14)15-8-10-18-11-9-15/h3-5,8-13,17H,6-7H2,1-2H3. The van der Waals surface area contributed by atoms with Crippen molar-refractivity contribution in [2.24, 2.45) is 0 Å². The van der Waals surface area contributed by atoms with E-state index < -0.39 is 0 Å². The maximum atomic E-state index is 4.06. The second-order valence-corrected chi connectivity index (χ2v) is 4.66. The zero-order valence-electron chi connectivity index (χ0n) is 11.1. The van der Waals surface area contributed by atoms with Gasteiger partial charge in [0.15, 0.2) is 0 Å². The number of hydrogen-bond acceptors (Lipinski definition) is 2. The van der Waals surface area contributed by atoms with Gasteiger partial charge in [0, 0.05) is 18.4 Å². The summed E-state index contributed by atoms with van der Waals surface area (Å²) in [4.78, 5) is 4.06. The van der Waals surface area contributed by atoms with Crippen LogP contribution in [-0.4, -0.2) is 18.1 Å². The Morgan fingerprint density at radius 3 is 2.61 bits per heavy atom. The van der Waals surface area contributed by atoms with Crippen molar-refractivity contribution < 1.29 is 0 Å². The minimum absolute atomic E-state index is 0.564. The minimum atomic E-state index is 0.564. The Labute approximate surface area is 109 Å². The molecule has 1 aromatic heterocycles. The molecule has 0 saturated carbocycles. The van der Waals surface area contributed by atoms with Gasteiger partial charge in [0.25, 0.3) is 0 Å². The summed E-state index contributed by atoms with van der Waals surface area (Å²) in [6, 6.07) is 13.4. The van der Waals surface area contributed by atoms with Crippen molar-refractivity contribution in [3.8, 4) is 11.1 Å². The van der Waals surface area contributed by atoms with E-state index >= 15 is 0 Å². The van der Waals surface area contributed by atoms with E-state index in [0.717, 1.165) is 12.8 Å². The van der Waals surface area contributed by atoms with Gasteiger partial charge in [0.2, 0.25) is 0 Å². The van der Waals surface area contributed by atoms with Gasteiger partial charge in [-0.3, -0.25) is 4.98 Å². The highest BCUT2D eigenvalue weighted by Gasteiger charge is 2.02. The Bertz CT molecular complexity index is 479. The molecule has 1 aromatic carbocycles. The third-order valence-corrected chi connectivity index (χ3v) is 3.30. The molecular weight excluding hydrogens is 220 g/mol. The van der Waals surface area contributed by atoms with Crippen molar-refractivity contribution in [3.63, 3.8) is 0 Å². The Balaban J connectivity index is 2.11. The van der Waals surface area contributed by atoms with E-state index in [1.54, 1.807) is 0 Å². The van der Waals surface area contributed by atoms with Gasteiger partial charge in [-0.15, -0.1) is 0 Å². The molecule has 0 spiro atoms. The number of rotatable bonds is 5. The predicted molar refractivity (Wildman–Crippen MR) is 76.5 cm³/mol. The fourth-order valence-corrected chi connectivity index (χ4v) is 1.98. The normalized spacial score (nSPS) is 12.3. The summed E-state index contributed by atoms with van der Waals surface area (Å²) in [5.41, 5.74) is 3.90. The molecule has 2 nitrogen and oxygen atoms in total. The number of hydrogen-bond donors (Lipinski definition) is 1. The molecule has 1 heterocycles. The SMILES string of the molecule is CNC(C)CCc1cccc(-c2ccncc2)c1. The van der Waals surface area contributed by atoms with Gasteiger partial charge in [-0.05, 0) is 55.6 Å². The first kappa shape index (κ1) is 12.8. The zero-order valence-corrected chi connectivity index (χ0v) is 11.1. The Morgan fingerprint density at radius 2 is 1.89 bits per heavy atom. The molecule has 0 fully saturated rings. The molecule has 2 aromatic rings. The molecule has 0 amide bonds. The molecule has 18 heavy (non-hydrogen) atoms. The summed E-state index contributed by atoms with van der Waals surface area (Å²) in [6.07, 6.45) is 5.95. The van der Waals surface area contributed by atoms with Crippen LogP contribution in [-0.2, 0) is 6.42 Å². The molecule has 0 radical (unpaired) electrons. The highest BCUT2D eigenvalue weighted by Crippen LogP contribution is 2.20. The van der Waals surface area contributed by atoms with E-state index in [2.05, 4.69) is 53.6 Å². The minimum Gasteiger partial charge on any atom is -0.317 e. The highest BCUT2D eigenvalue weighted by molar-refractivity contribution is 5.63. The summed E-state index contributed by atoms with van der Waals surface area (Å²) < 4.78 is 0. The van der Waals surface area contributed by atoms with Gasteiger partial charge in [-0.2, -0.15) is 0 Å². The van der Waals surface area contributed by atoms with Crippen molar-refractivity contribution in [2.45, 2.75) is 25.8 Å². The van der Waals surface area contributed by atoms with Gasteiger partial charge >= 0.3 is 0 Å². The van der Waals surface area contributed by atoms with E-state index in [-0.39, 0.29) is 0 Å². The van der Waals surface area contributed by atoms with E-state index in [1.807, 2.05) is 19.4 Å².